The molecule has 0 rings (SSSR count). The highest BCUT2D eigenvalue weighted by atomic mass is 32.1. The summed E-state index contributed by atoms with van der Waals surface area (Å²) in [7, 11) is 0. The molecule has 0 aromatic heterocycles. The molecule has 0 aromatic carbocycles. The van der Waals surface area contributed by atoms with Gasteiger partial charge in [-0.05, 0) is 6.54 Å². The highest BCUT2D eigenvalue weighted by molar-refractivity contribution is 7.81. The number of ether oxygens (including phenoxy) is 2. The minimum absolute atomic E-state index is 0.0392. The van der Waals surface area contributed by atoms with Gasteiger partial charge in [0.05, 0.1) is 19.8 Å². The van der Waals surface area contributed by atoms with Crippen LogP contribution in [0, 0.1) is 10.8 Å². The van der Waals surface area contributed by atoms with E-state index in [-0.39, 0.29) is 30.0 Å². The number of carbonyl (C=O) groups is 1. The van der Waals surface area contributed by atoms with Gasteiger partial charge in [-0.1, -0.05) is 27.7 Å². The van der Waals surface area contributed by atoms with Gasteiger partial charge in [0.15, 0.2) is 0 Å². The van der Waals surface area contributed by atoms with Gasteiger partial charge < -0.3 is 20.9 Å². The Kier molecular flexibility index (Phi) is 7.96. The third kappa shape index (κ3) is 8.47. The zero-order valence-electron chi connectivity index (χ0n) is 12.4. The zero-order chi connectivity index (χ0) is 15.1. The molecule has 114 valence electrons. The molecule has 6 heteroatoms. The smallest absolute Gasteiger partial charge is 0.320 e. The van der Waals surface area contributed by atoms with Crippen LogP contribution in [0.1, 0.15) is 27.7 Å². The first-order valence-corrected chi connectivity index (χ1v) is 6.98. The monoisotopic (exact) mass is 292 g/mol. The second-order valence-corrected chi connectivity index (χ2v) is 7.01. The van der Waals surface area contributed by atoms with Gasteiger partial charge in [0.1, 0.15) is 5.25 Å². The number of hydrogen-bond acceptors (Lipinski definition) is 6. The molecule has 0 aliphatic rings. The van der Waals surface area contributed by atoms with Gasteiger partial charge in [-0.25, -0.2) is 0 Å². The maximum absolute atomic E-state index is 11.5. The fourth-order valence-electron chi connectivity index (χ4n) is 1.16. The molecular formula is C13H28N2O3S. The zero-order valence-corrected chi connectivity index (χ0v) is 13.3. The maximum Gasteiger partial charge on any atom is 0.320 e. The van der Waals surface area contributed by atoms with Crippen molar-refractivity contribution in [2.24, 2.45) is 22.3 Å². The molecule has 0 fully saturated rings. The normalized spacial score (nSPS) is 14.3. The molecule has 0 aromatic rings. The minimum atomic E-state index is -0.562. The van der Waals surface area contributed by atoms with E-state index >= 15 is 0 Å². The van der Waals surface area contributed by atoms with Crippen molar-refractivity contribution in [3.05, 3.63) is 0 Å². The van der Waals surface area contributed by atoms with Crippen molar-refractivity contribution in [1.82, 2.24) is 0 Å². The predicted molar refractivity (Wildman–Crippen MR) is 80.2 cm³/mol. The lowest BCUT2D eigenvalue weighted by Gasteiger charge is -2.28. The fourth-order valence-corrected chi connectivity index (χ4v) is 1.24. The lowest BCUT2D eigenvalue weighted by atomic mass is 9.94. The molecule has 5 nitrogen and oxygen atoms in total. The summed E-state index contributed by atoms with van der Waals surface area (Å²) in [5.41, 5.74) is 10.7. The number of hydrogen-bond donors (Lipinski definition) is 3. The Balaban J connectivity index is 4.02. The molecule has 0 saturated heterocycles. The van der Waals surface area contributed by atoms with Gasteiger partial charge in [0.2, 0.25) is 0 Å². The maximum atomic E-state index is 11.5. The molecule has 4 N–H and O–H groups in total. The highest BCUT2D eigenvalue weighted by Crippen LogP contribution is 2.19. The van der Waals surface area contributed by atoms with Crippen LogP contribution < -0.4 is 11.5 Å². The standard InChI is InChI=1S/C13H28N2O3S/c1-12(2,6-15)7-17-8-13(3,4)9-18-11(16)10(19)5-14/h10,19H,5-9,14-15H2,1-4H3. The van der Waals surface area contributed by atoms with Crippen LogP contribution in [0.5, 0.6) is 0 Å². The Morgan fingerprint density at radius 1 is 1.11 bits per heavy atom. The average Bonchev–Trinajstić information content (AvgIpc) is 2.34. The largest absolute Gasteiger partial charge is 0.464 e. The summed E-state index contributed by atoms with van der Waals surface area (Å²) < 4.78 is 10.8. The number of thiol groups is 1. The highest BCUT2D eigenvalue weighted by Gasteiger charge is 2.24. The average molecular weight is 292 g/mol. The van der Waals surface area contributed by atoms with Crippen molar-refractivity contribution in [2.45, 2.75) is 32.9 Å². The van der Waals surface area contributed by atoms with Gasteiger partial charge in [-0.2, -0.15) is 12.6 Å². The summed E-state index contributed by atoms with van der Waals surface area (Å²) in [6, 6.07) is 0. The molecule has 1 unspecified atom stereocenters. The Morgan fingerprint density at radius 2 is 1.63 bits per heavy atom. The summed E-state index contributed by atoms with van der Waals surface area (Å²) in [5.74, 6) is -0.388. The number of esters is 1. The topological polar surface area (TPSA) is 87.6 Å². The van der Waals surface area contributed by atoms with Crippen LogP contribution >= 0.6 is 12.6 Å². The third-order valence-corrected chi connectivity index (χ3v) is 3.06. The molecule has 0 aliphatic carbocycles. The van der Waals surface area contributed by atoms with E-state index in [2.05, 4.69) is 12.6 Å². The Hall–Kier alpha value is -0.300. The van der Waals surface area contributed by atoms with Gasteiger partial charge >= 0.3 is 5.97 Å². The van der Waals surface area contributed by atoms with E-state index in [1.165, 1.54) is 0 Å². The first-order valence-electron chi connectivity index (χ1n) is 6.46. The van der Waals surface area contributed by atoms with E-state index in [1.54, 1.807) is 0 Å². The van der Waals surface area contributed by atoms with Crippen molar-refractivity contribution >= 4 is 18.6 Å². The van der Waals surface area contributed by atoms with Crippen molar-refractivity contribution in [2.75, 3.05) is 32.9 Å². The van der Waals surface area contributed by atoms with Crippen LogP contribution in [0.4, 0.5) is 0 Å². The summed E-state index contributed by atoms with van der Waals surface area (Å²) in [4.78, 5) is 11.5. The van der Waals surface area contributed by atoms with Crippen LogP contribution in [0.15, 0.2) is 0 Å². The summed E-state index contributed by atoms with van der Waals surface area (Å²) >= 11 is 4.03. The molecule has 19 heavy (non-hydrogen) atoms. The molecule has 0 amide bonds. The van der Waals surface area contributed by atoms with E-state index in [1.807, 2.05) is 27.7 Å². The Labute approximate surface area is 121 Å². The summed E-state index contributed by atoms with van der Waals surface area (Å²) in [6.45, 7) is 10.2. The number of carbonyl (C=O) groups excluding carboxylic acids is 1. The van der Waals surface area contributed by atoms with Crippen LogP contribution in [-0.2, 0) is 14.3 Å². The SMILES string of the molecule is CC(C)(CN)COCC(C)(C)COC(=O)C(S)CN. The van der Waals surface area contributed by atoms with Crippen LogP contribution in [0.2, 0.25) is 0 Å². The van der Waals surface area contributed by atoms with E-state index in [4.69, 9.17) is 20.9 Å². The second kappa shape index (κ2) is 8.09. The molecular weight excluding hydrogens is 264 g/mol. The quantitative estimate of drug-likeness (QED) is 0.432. The van der Waals surface area contributed by atoms with Crippen molar-refractivity contribution in [1.29, 1.82) is 0 Å². The third-order valence-electron chi connectivity index (χ3n) is 2.64. The Bertz CT molecular complexity index is 283. The van der Waals surface area contributed by atoms with E-state index in [0.717, 1.165) is 0 Å². The minimum Gasteiger partial charge on any atom is -0.464 e. The number of nitrogens with two attached hydrogens (primary N) is 2. The molecule has 0 spiro atoms. The lowest BCUT2D eigenvalue weighted by molar-refractivity contribution is -0.147. The van der Waals surface area contributed by atoms with Crippen molar-refractivity contribution in [3.63, 3.8) is 0 Å². The molecule has 0 heterocycles. The van der Waals surface area contributed by atoms with Gasteiger partial charge in [0, 0.05) is 17.4 Å². The molecule has 0 bridgehead atoms. The Morgan fingerprint density at radius 3 is 2.11 bits per heavy atom. The van der Waals surface area contributed by atoms with Gasteiger partial charge in [-0.15, -0.1) is 0 Å². The summed E-state index contributed by atoms with van der Waals surface area (Å²) in [5, 5.41) is -0.562. The summed E-state index contributed by atoms with van der Waals surface area (Å²) in [6.07, 6.45) is 0. The molecule has 0 aliphatic heterocycles. The van der Waals surface area contributed by atoms with Gasteiger partial charge in [-0.3, -0.25) is 4.79 Å². The van der Waals surface area contributed by atoms with E-state index < -0.39 is 5.25 Å². The lowest BCUT2D eigenvalue weighted by Crippen LogP contribution is -2.34. The molecule has 1 atom stereocenters. The first kappa shape index (κ1) is 18.7. The van der Waals surface area contributed by atoms with Crippen LogP contribution in [0.25, 0.3) is 0 Å². The van der Waals surface area contributed by atoms with Crippen molar-refractivity contribution < 1.29 is 14.3 Å². The van der Waals surface area contributed by atoms with Crippen LogP contribution in [0.3, 0.4) is 0 Å². The van der Waals surface area contributed by atoms with Gasteiger partial charge in [0.25, 0.3) is 0 Å². The van der Waals surface area contributed by atoms with E-state index in [0.29, 0.717) is 19.8 Å². The van der Waals surface area contributed by atoms with E-state index in [9.17, 15) is 4.79 Å². The van der Waals surface area contributed by atoms with Crippen LogP contribution in [-0.4, -0.2) is 44.1 Å². The first-order chi connectivity index (χ1) is 8.63. The number of rotatable bonds is 9. The molecule has 0 radical (unpaired) electrons. The second-order valence-electron chi connectivity index (χ2n) is 6.38. The van der Waals surface area contributed by atoms with Crippen molar-refractivity contribution in [3.8, 4) is 0 Å². The fraction of sp³-hybridized carbons (Fsp3) is 0.923. The molecule has 0 saturated carbocycles. The predicted octanol–water partition coefficient (Wildman–Crippen LogP) is 0.814.